The molecule has 2 N–H and O–H groups in total. The number of alkyl halides is 3. The zero-order valence-electron chi connectivity index (χ0n) is 11.3. The van der Waals surface area contributed by atoms with Gasteiger partial charge in [0, 0.05) is 16.8 Å². The largest absolute Gasteiger partial charge is 0.433 e. The molecule has 122 valence electrons. The van der Waals surface area contributed by atoms with Gasteiger partial charge in [-0.05, 0) is 18.2 Å². The highest BCUT2D eigenvalue weighted by Gasteiger charge is 2.33. The number of carbonyl (C=O) groups excluding carboxylic acids is 1. The molecule has 0 atom stereocenters. The van der Waals surface area contributed by atoms with E-state index < -0.39 is 23.3 Å². The minimum atomic E-state index is -4.73. The lowest BCUT2D eigenvalue weighted by Crippen LogP contribution is -2.18. The molecule has 0 radical (unpaired) electrons. The molecule has 10 heteroatoms. The van der Waals surface area contributed by atoms with Crippen molar-refractivity contribution in [3.05, 3.63) is 51.4 Å². The van der Waals surface area contributed by atoms with Crippen LogP contribution in [0.3, 0.4) is 0 Å². The lowest BCUT2D eigenvalue weighted by molar-refractivity contribution is -0.141. The summed E-state index contributed by atoms with van der Waals surface area (Å²) in [7, 11) is 0. The summed E-state index contributed by atoms with van der Waals surface area (Å²) < 4.78 is 37.7. The molecule has 1 heterocycles. The highest BCUT2D eigenvalue weighted by molar-refractivity contribution is 7.99. The monoisotopic (exact) mass is 363 g/mol. The lowest BCUT2D eigenvalue weighted by atomic mass is 10.3. The zero-order chi connectivity index (χ0) is 17.0. The van der Waals surface area contributed by atoms with E-state index in [1.54, 1.807) is 18.2 Å². The van der Waals surface area contributed by atoms with Crippen molar-refractivity contribution < 1.29 is 18.0 Å². The number of nitrogens with one attached hydrogen (secondary N) is 2. The normalized spacial score (nSPS) is 11.3. The molecule has 2 rings (SSSR count). The summed E-state index contributed by atoms with van der Waals surface area (Å²) in [5, 5.41) is 2.67. The number of amides is 1. The van der Waals surface area contributed by atoms with Crippen molar-refractivity contribution >= 4 is 35.0 Å². The number of carbonyl (C=O) groups is 1. The quantitative estimate of drug-likeness (QED) is 0.646. The van der Waals surface area contributed by atoms with Gasteiger partial charge in [-0.3, -0.25) is 9.59 Å². The third kappa shape index (κ3) is 5.29. The van der Waals surface area contributed by atoms with Crippen molar-refractivity contribution in [2.24, 2.45) is 0 Å². The molecule has 0 saturated carbocycles. The number of rotatable bonds is 4. The topological polar surface area (TPSA) is 74.8 Å². The van der Waals surface area contributed by atoms with Crippen molar-refractivity contribution in [2.45, 2.75) is 11.3 Å². The summed E-state index contributed by atoms with van der Waals surface area (Å²) >= 11 is 6.45. The molecule has 5 nitrogen and oxygen atoms in total. The molecule has 1 amide bonds. The van der Waals surface area contributed by atoms with Gasteiger partial charge >= 0.3 is 6.18 Å². The number of benzene rings is 1. The first-order chi connectivity index (χ1) is 10.7. The van der Waals surface area contributed by atoms with E-state index in [0.717, 1.165) is 0 Å². The van der Waals surface area contributed by atoms with Gasteiger partial charge in [-0.2, -0.15) is 13.2 Å². The second-order valence-electron chi connectivity index (χ2n) is 4.28. The van der Waals surface area contributed by atoms with E-state index in [1.165, 1.54) is 6.07 Å². The zero-order valence-corrected chi connectivity index (χ0v) is 12.9. The predicted octanol–water partition coefficient (Wildman–Crippen LogP) is 3.17. The molecule has 0 saturated heterocycles. The Kier molecular flexibility index (Phi) is 5.32. The Labute approximate surface area is 137 Å². The second kappa shape index (κ2) is 7.05. The Balaban J connectivity index is 2.02. The summed E-state index contributed by atoms with van der Waals surface area (Å²) in [6.45, 7) is 0. The molecular weight excluding hydrogens is 355 g/mol. The summed E-state index contributed by atoms with van der Waals surface area (Å²) in [6.07, 6.45) is -4.73. The average Bonchev–Trinajstić information content (AvgIpc) is 2.44. The van der Waals surface area contributed by atoms with Gasteiger partial charge in [-0.1, -0.05) is 29.4 Å². The first kappa shape index (κ1) is 17.4. The molecule has 0 aliphatic heterocycles. The van der Waals surface area contributed by atoms with Gasteiger partial charge in [-0.25, -0.2) is 4.98 Å². The van der Waals surface area contributed by atoms with Crippen LogP contribution in [-0.2, 0) is 11.0 Å². The first-order valence-electron chi connectivity index (χ1n) is 6.11. The van der Waals surface area contributed by atoms with Crippen LogP contribution in [0.5, 0.6) is 0 Å². The second-order valence-corrected chi connectivity index (χ2v) is 5.68. The number of thioether (sulfide) groups is 1. The average molecular weight is 364 g/mol. The van der Waals surface area contributed by atoms with E-state index >= 15 is 0 Å². The summed E-state index contributed by atoms with van der Waals surface area (Å²) in [4.78, 5) is 28.4. The SMILES string of the molecule is O=C(CSc1nc(C(F)(F)F)cc(=O)[nH]1)Nc1cccc(Cl)c1. The number of nitrogens with zero attached hydrogens (tertiary/aromatic N) is 1. The van der Waals surface area contributed by atoms with Crippen LogP contribution in [0.4, 0.5) is 18.9 Å². The van der Waals surface area contributed by atoms with E-state index in [1.807, 2.05) is 0 Å². The summed E-state index contributed by atoms with van der Waals surface area (Å²) in [6, 6.07) is 6.75. The molecule has 2 aromatic rings. The van der Waals surface area contributed by atoms with Gasteiger partial charge in [0.05, 0.1) is 5.75 Å². The molecule has 0 aliphatic rings. The predicted molar refractivity (Wildman–Crippen MR) is 80.7 cm³/mol. The molecule has 23 heavy (non-hydrogen) atoms. The number of hydrogen-bond donors (Lipinski definition) is 2. The van der Waals surface area contributed by atoms with Crippen molar-refractivity contribution in [1.29, 1.82) is 0 Å². The van der Waals surface area contributed by atoms with Gasteiger partial charge in [0.25, 0.3) is 5.56 Å². The van der Waals surface area contributed by atoms with Crippen LogP contribution in [0.2, 0.25) is 5.02 Å². The van der Waals surface area contributed by atoms with Crippen LogP contribution in [0, 0.1) is 0 Å². The van der Waals surface area contributed by atoms with Gasteiger partial charge in [0.1, 0.15) is 0 Å². The molecule has 0 fully saturated rings. The molecule has 0 unspecified atom stereocenters. The summed E-state index contributed by atoms with van der Waals surface area (Å²) in [5.41, 5.74) is -1.79. The summed E-state index contributed by atoms with van der Waals surface area (Å²) in [5.74, 6) is -0.700. The van der Waals surface area contributed by atoms with E-state index in [4.69, 9.17) is 11.6 Å². The van der Waals surface area contributed by atoms with E-state index in [9.17, 15) is 22.8 Å². The molecule has 0 aliphatic carbocycles. The fourth-order valence-corrected chi connectivity index (χ4v) is 2.41. The molecule has 1 aromatic carbocycles. The first-order valence-corrected chi connectivity index (χ1v) is 7.47. The third-order valence-electron chi connectivity index (χ3n) is 2.46. The Bertz CT molecular complexity index is 780. The fraction of sp³-hybridized carbons (Fsp3) is 0.154. The molecule has 0 spiro atoms. The minimum Gasteiger partial charge on any atom is -0.325 e. The van der Waals surface area contributed by atoms with Gasteiger partial charge in [0.15, 0.2) is 10.9 Å². The Morgan fingerprint density at radius 3 is 2.74 bits per heavy atom. The minimum absolute atomic E-state index is 0.225. The standard InChI is InChI=1S/C13H9ClF3N3O2S/c14-7-2-1-3-8(4-7)18-11(22)6-23-12-19-9(13(15,16)17)5-10(21)20-12/h1-5H,6H2,(H,18,22)(H,19,20,21). The number of aromatic amines is 1. The maximum Gasteiger partial charge on any atom is 0.433 e. The maximum absolute atomic E-state index is 12.6. The van der Waals surface area contributed by atoms with E-state index in [2.05, 4.69) is 15.3 Å². The van der Waals surface area contributed by atoms with Crippen molar-refractivity contribution in [2.75, 3.05) is 11.1 Å². The fourth-order valence-electron chi connectivity index (χ4n) is 1.55. The molecular formula is C13H9ClF3N3O2S. The van der Waals surface area contributed by atoms with E-state index in [-0.39, 0.29) is 10.9 Å². The van der Waals surface area contributed by atoms with Gasteiger partial charge in [0.2, 0.25) is 5.91 Å². The number of H-pyrrole nitrogens is 1. The molecule has 0 bridgehead atoms. The van der Waals surface area contributed by atoms with Crippen molar-refractivity contribution in [3.8, 4) is 0 Å². The Hall–Kier alpha value is -2.00. The number of anilines is 1. The van der Waals surface area contributed by atoms with Crippen LogP contribution in [0.25, 0.3) is 0 Å². The maximum atomic E-state index is 12.6. The number of halogens is 4. The van der Waals surface area contributed by atoms with Gasteiger partial charge < -0.3 is 10.3 Å². The third-order valence-corrected chi connectivity index (χ3v) is 3.57. The smallest absolute Gasteiger partial charge is 0.325 e. The van der Waals surface area contributed by atoms with Gasteiger partial charge in [-0.15, -0.1) is 0 Å². The van der Waals surface area contributed by atoms with Crippen LogP contribution in [-0.4, -0.2) is 21.6 Å². The van der Waals surface area contributed by atoms with Crippen LogP contribution in [0.15, 0.2) is 40.3 Å². The Morgan fingerprint density at radius 1 is 1.35 bits per heavy atom. The number of hydrogen-bond acceptors (Lipinski definition) is 4. The van der Waals surface area contributed by atoms with E-state index in [0.29, 0.717) is 28.5 Å². The highest BCUT2D eigenvalue weighted by Crippen LogP contribution is 2.27. The van der Waals surface area contributed by atoms with Crippen molar-refractivity contribution in [3.63, 3.8) is 0 Å². The van der Waals surface area contributed by atoms with Crippen LogP contribution >= 0.6 is 23.4 Å². The molecule has 1 aromatic heterocycles. The van der Waals surface area contributed by atoms with Crippen LogP contribution in [0.1, 0.15) is 5.69 Å². The van der Waals surface area contributed by atoms with Crippen molar-refractivity contribution in [1.82, 2.24) is 9.97 Å². The lowest BCUT2D eigenvalue weighted by Gasteiger charge is -2.07. The number of aromatic nitrogens is 2. The van der Waals surface area contributed by atoms with Crippen LogP contribution < -0.4 is 10.9 Å². The highest BCUT2D eigenvalue weighted by atomic mass is 35.5. The Morgan fingerprint density at radius 2 is 2.09 bits per heavy atom.